The maximum Gasteiger partial charge on any atom is 0.327 e. The highest BCUT2D eigenvalue weighted by Crippen LogP contribution is 2.34. The molecular weight excluding hydrogens is 292 g/mol. The number of benzene rings is 1. The van der Waals surface area contributed by atoms with Crippen LogP contribution in [-0.2, 0) is 16.1 Å². The van der Waals surface area contributed by atoms with Crippen molar-refractivity contribution in [1.29, 1.82) is 0 Å². The highest BCUT2D eigenvalue weighted by molar-refractivity contribution is 7.22. The molecule has 0 aliphatic heterocycles. The number of fused-ring (bicyclic) bond motifs is 1. The van der Waals surface area contributed by atoms with Gasteiger partial charge in [-0.1, -0.05) is 0 Å². The van der Waals surface area contributed by atoms with E-state index in [2.05, 4.69) is 20.3 Å². The van der Waals surface area contributed by atoms with Crippen LogP contribution in [0.15, 0.2) is 24.3 Å². The third-order valence-electron chi connectivity index (χ3n) is 2.99. The van der Waals surface area contributed by atoms with E-state index in [1.54, 1.807) is 7.11 Å². The second-order valence-electron chi connectivity index (χ2n) is 4.25. The van der Waals surface area contributed by atoms with Gasteiger partial charge in [-0.05, 0) is 40.1 Å². The zero-order valence-corrected chi connectivity index (χ0v) is 12.3. The first kappa shape index (κ1) is 13.5. The van der Waals surface area contributed by atoms with E-state index >= 15 is 0 Å². The summed E-state index contributed by atoms with van der Waals surface area (Å²) in [6, 6.07) is 7.82. The lowest BCUT2D eigenvalue weighted by Gasteiger charge is -2.00. The van der Waals surface area contributed by atoms with Gasteiger partial charge < -0.3 is 9.47 Å². The molecule has 0 saturated heterocycles. The predicted octanol–water partition coefficient (Wildman–Crippen LogP) is 1.74. The Kier molecular flexibility index (Phi) is 3.53. The van der Waals surface area contributed by atoms with Crippen LogP contribution < -0.4 is 4.74 Å². The Morgan fingerprint density at radius 3 is 2.95 bits per heavy atom. The summed E-state index contributed by atoms with van der Waals surface area (Å²) in [4.78, 5) is 12.2. The molecule has 0 amide bonds. The van der Waals surface area contributed by atoms with Gasteiger partial charge in [-0.2, -0.15) is 0 Å². The fourth-order valence-corrected chi connectivity index (χ4v) is 3.00. The lowest BCUT2D eigenvalue weighted by molar-refractivity contribution is -0.141. The zero-order chi connectivity index (χ0) is 14.8. The lowest BCUT2D eigenvalue weighted by Crippen LogP contribution is -2.13. The summed E-state index contributed by atoms with van der Waals surface area (Å²) >= 11 is 1.54. The minimum Gasteiger partial charge on any atom is -0.497 e. The van der Waals surface area contributed by atoms with Crippen LogP contribution in [-0.4, -0.2) is 40.4 Å². The lowest BCUT2D eigenvalue weighted by atomic mass is 10.2. The molecule has 0 aliphatic rings. The molecule has 0 bridgehead atoms. The molecule has 2 aromatic heterocycles. The maximum absolute atomic E-state index is 11.4. The van der Waals surface area contributed by atoms with Crippen LogP contribution in [0.25, 0.3) is 20.8 Å². The van der Waals surface area contributed by atoms with Gasteiger partial charge in [-0.15, -0.1) is 16.4 Å². The molecule has 0 saturated carbocycles. The first-order valence-corrected chi connectivity index (χ1v) is 6.94. The molecule has 7 nitrogen and oxygen atoms in total. The Hall–Kier alpha value is -2.48. The summed E-state index contributed by atoms with van der Waals surface area (Å²) < 4.78 is 12.3. The Morgan fingerprint density at radius 2 is 2.19 bits per heavy atom. The maximum atomic E-state index is 11.4. The molecule has 0 spiro atoms. The monoisotopic (exact) mass is 304 g/mol. The van der Waals surface area contributed by atoms with Crippen molar-refractivity contribution < 1.29 is 14.3 Å². The average molecular weight is 304 g/mol. The molecule has 0 fully saturated rings. The van der Waals surface area contributed by atoms with Crippen molar-refractivity contribution in [3.8, 4) is 16.5 Å². The smallest absolute Gasteiger partial charge is 0.327 e. The van der Waals surface area contributed by atoms with Gasteiger partial charge in [0.15, 0.2) is 5.82 Å². The summed E-state index contributed by atoms with van der Waals surface area (Å²) in [5.74, 6) is 0.942. The van der Waals surface area contributed by atoms with E-state index < -0.39 is 5.97 Å². The van der Waals surface area contributed by atoms with Crippen LogP contribution in [0.3, 0.4) is 0 Å². The Labute approximate surface area is 124 Å². The van der Waals surface area contributed by atoms with Crippen molar-refractivity contribution >= 4 is 27.4 Å². The SMILES string of the molecule is COC(=O)Cn1nnnc1-c1cc2ccc(OC)cc2s1. The number of thiophene rings is 1. The number of ether oxygens (including phenoxy) is 2. The van der Waals surface area contributed by atoms with Crippen LogP contribution in [0.2, 0.25) is 0 Å². The van der Waals surface area contributed by atoms with Crippen LogP contribution in [0.4, 0.5) is 0 Å². The van der Waals surface area contributed by atoms with Crippen LogP contribution >= 0.6 is 11.3 Å². The number of methoxy groups -OCH3 is 2. The molecule has 108 valence electrons. The molecular formula is C13H12N4O3S. The summed E-state index contributed by atoms with van der Waals surface area (Å²) in [5.41, 5.74) is 0. The number of aromatic nitrogens is 4. The topological polar surface area (TPSA) is 79.1 Å². The molecule has 2 heterocycles. The second-order valence-corrected chi connectivity index (χ2v) is 5.33. The number of rotatable bonds is 4. The summed E-state index contributed by atoms with van der Waals surface area (Å²) in [6.07, 6.45) is 0. The molecule has 0 aliphatic carbocycles. The van der Waals surface area contributed by atoms with Crippen molar-refractivity contribution in [3.05, 3.63) is 24.3 Å². The van der Waals surface area contributed by atoms with E-state index in [0.717, 1.165) is 20.7 Å². The van der Waals surface area contributed by atoms with Gasteiger partial charge in [0.05, 0.1) is 19.1 Å². The number of tetrazole rings is 1. The molecule has 0 radical (unpaired) electrons. The van der Waals surface area contributed by atoms with Crippen molar-refractivity contribution in [1.82, 2.24) is 20.2 Å². The van der Waals surface area contributed by atoms with Crippen LogP contribution in [0, 0.1) is 0 Å². The summed E-state index contributed by atoms with van der Waals surface area (Å²) in [6.45, 7) is -0.0175. The van der Waals surface area contributed by atoms with E-state index in [0.29, 0.717) is 5.82 Å². The molecule has 3 aromatic rings. The number of nitrogens with zero attached hydrogens (tertiary/aromatic N) is 4. The quantitative estimate of drug-likeness (QED) is 0.683. The minimum atomic E-state index is -0.397. The number of carbonyl (C=O) groups is 1. The fourth-order valence-electron chi connectivity index (χ4n) is 1.92. The third kappa shape index (κ3) is 2.57. The van der Waals surface area contributed by atoms with Gasteiger partial charge >= 0.3 is 5.97 Å². The van der Waals surface area contributed by atoms with Gasteiger partial charge in [0.1, 0.15) is 12.3 Å². The number of esters is 1. The molecule has 1 aromatic carbocycles. The predicted molar refractivity (Wildman–Crippen MR) is 77.2 cm³/mol. The minimum absolute atomic E-state index is 0.0175. The molecule has 3 rings (SSSR count). The zero-order valence-electron chi connectivity index (χ0n) is 11.4. The molecule has 0 N–H and O–H groups in total. The van der Waals surface area contributed by atoms with E-state index in [4.69, 9.17) is 4.74 Å². The largest absolute Gasteiger partial charge is 0.497 e. The van der Waals surface area contributed by atoms with E-state index in [9.17, 15) is 4.79 Å². The highest BCUT2D eigenvalue weighted by Gasteiger charge is 2.15. The van der Waals surface area contributed by atoms with E-state index in [-0.39, 0.29) is 6.54 Å². The molecule has 0 unspecified atom stereocenters. The van der Waals surface area contributed by atoms with Gasteiger partial charge in [-0.25, -0.2) is 4.68 Å². The Bertz CT molecular complexity index is 796. The third-order valence-corrected chi connectivity index (χ3v) is 4.08. The van der Waals surface area contributed by atoms with Crippen LogP contribution in [0.1, 0.15) is 0 Å². The average Bonchev–Trinajstić information content (AvgIpc) is 3.11. The number of hydrogen-bond acceptors (Lipinski definition) is 7. The van der Waals surface area contributed by atoms with Crippen LogP contribution in [0.5, 0.6) is 5.75 Å². The standard InChI is InChI=1S/C13H12N4O3S/c1-19-9-4-3-8-5-11(21-10(8)6-9)13-14-15-16-17(13)7-12(18)20-2/h3-6H,7H2,1-2H3. The second kappa shape index (κ2) is 5.49. The van der Waals surface area contributed by atoms with E-state index in [1.807, 2.05) is 24.3 Å². The van der Waals surface area contributed by atoms with Crippen molar-refractivity contribution in [3.63, 3.8) is 0 Å². The Balaban J connectivity index is 2.00. The Morgan fingerprint density at radius 1 is 1.33 bits per heavy atom. The molecule has 0 atom stereocenters. The highest BCUT2D eigenvalue weighted by atomic mass is 32.1. The van der Waals surface area contributed by atoms with Crippen molar-refractivity contribution in [2.45, 2.75) is 6.54 Å². The normalized spacial score (nSPS) is 10.8. The fraction of sp³-hybridized carbons (Fsp3) is 0.231. The van der Waals surface area contributed by atoms with Crippen molar-refractivity contribution in [2.24, 2.45) is 0 Å². The van der Waals surface area contributed by atoms with E-state index in [1.165, 1.54) is 23.1 Å². The van der Waals surface area contributed by atoms with Gasteiger partial charge in [-0.3, -0.25) is 4.79 Å². The van der Waals surface area contributed by atoms with Gasteiger partial charge in [0.25, 0.3) is 0 Å². The number of carbonyl (C=O) groups excluding carboxylic acids is 1. The molecule has 8 heteroatoms. The summed E-state index contributed by atoms with van der Waals surface area (Å²) in [5, 5.41) is 12.5. The summed E-state index contributed by atoms with van der Waals surface area (Å²) in [7, 11) is 2.96. The van der Waals surface area contributed by atoms with Gasteiger partial charge in [0.2, 0.25) is 0 Å². The van der Waals surface area contributed by atoms with Crippen molar-refractivity contribution in [2.75, 3.05) is 14.2 Å². The number of hydrogen-bond donors (Lipinski definition) is 0. The first-order chi connectivity index (χ1) is 10.2. The van der Waals surface area contributed by atoms with Gasteiger partial charge in [0, 0.05) is 4.70 Å². The molecule has 21 heavy (non-hydrogen) atoms. The first-order valence-electron chi connectivity index (χ1n) is 6.12.